The lowest BCUT2D eigenvalue weighted by Crippen LogP contribution is -2.48. The fraction of sp³-hybridized carbons (Fsp3) is 0.435. The van der Waals surface area contributed by atoms with Gasteiger partial charge >= 0.3 is 0 Å². The highest BCUT2D eigenvalue weighted by Gasteiger charge is 2.20. The van der Waals surface area contributed by atoms with Crippen LogP contribution in [0.5, 0.6) is 0 Å². The van der Waals surface area contributed by atoms with E-state index >= 15 is 0 Å². The number of carbonyl (C=O) groups excluding carboxylic acids is 1. The first-order chi connectivity index (χ1) is 12.9. The van der Waals surface area contributed by atoms with Crippen molar-refractivity contribution in [3.05, 3.63) is 59.2 Å². The lowest BCUT2D eigenvalue weighted by atomic mass is 10.0. The molecule has 0 saturated carbocycles. The summed E-state index contributed by atoms with van der Waals surface area (Å²) in [6, 6.07) is 14.6. The zero-order valence-electron chi connectivity index (χ0n) is 17.0. The van der Waals surface area contributed by atoms with Crippen molar-refractivity contribution < 1.29 is 4.79 Å². The molecule has 0 atom stereocenters. The fourth-order valence-corrected chi connectivity index (χ4v) is 3.58. The van der Waals surface area contributed by atoms with E-state index < -0.39 is 0 Å². The first-order valence-corrected chi connectivity index (χ1v) is 9.87. The summed E-state index contributed by atoms with van der Waals surface area (Å²) < 4.78 is 0. The van der Waals surface area contributed by atoms with Gasteiger partial charge < -0.3 is 10.2 Å². The van der Waals surface area contributed by atoms with Crippen molar-refractivity contribution >= 4 is 17.3 Å². The van der Waals surface area contributed by atoms with Gasteiger partial charge in [0.2, 0.25) is 5.91 Å². The summed E-state index contributed by atoms with van der Waals surface area (Å²) in [6.07, 6.45) is 0. The predicted octanol–water partition coefficient (Wildman–Crippen LogP) is 4.19. The first kappa shape index (κ1) is 19.4. The van der Waals surface area contributed by atoms with E-state index in [1.54, 1.807) is 0 Å². The van der Waals surface area contributed by atoms with Gasteiger partial charge in [-0.25, -0.2) is 0 Å². The highest BCUT2D eigenvalue weighted by atomic mass is 16.2. The molecule has 1 N–H and O–H groups in total. The second-order valence-electron chi connectivity index (χ2n) is 7.81. The Kier molecular flexibility index (Phi) is 6.17. The quantitative estimate of drug-likeness (QED) is 0.863. The monoisotopic (exact) mass is 365 g/mol. The Morgan fingerprint density at radius 2 is 1.67 bits per heavy atom. The molecule has 0 spiro atoms. The second-order valence-corrected chi connectivity index (χ2v) is 7.81. The van der Waals surface area contributed by atoms with Crippen LogP contribution in [0.4, 0.5) is 11.4 Å². The van der Waals surface area contributed by atoms with Gasteiger partial charge in [-0.2, -0.15) is 0 Å². The number of carbonyl (C=O) groups is 1. The molecule has 2 aromatic carbocycles. The predicted molar refractivity (Wildman–Crippen MR) is 114 cm³/mol. The largest absolute Gasteiger partial charge is 0.369 e. The number of nitrogens with one attached hydrogen (secondary N) is 1. The molecule has 1 heterocycles. The number of rotatable bonds is 5. The molecular formula is C23H31N3O. The molecule has 1 aliphatic rings. The lowest BCUT2D eigenvalue weighted by molar-refractivity contribution is -0.117. The van der Waals surface area contributed by atoms with E-state index in [1.165, 1.54) is 22.4 Å². The van der Waals surface area contributed by atoms with Gasteiger partial charge in [0.1, 0.15) is 0 Å². The molecule has 1 saturated heterocycles. The normalized spacial score (nSPS) is 15.2. The minimum Gasteiger partial charge on any atom is -0.369 e. The molecule has 2 aromatic rings. The van der Waals surface area contributed by atoms with Crippen LogP contribution in [-0.4, -0.2) is 43.5 Å². The van der Waals surface area contributed by atoms with Crippen molar-refractivity contribution in [2.45, 2.75) is 33.6 Å². The first-order valence-electron chi connectivity index (χ1n) is 9.87. The average molecular weight is 366 g/mol. The molecule has 1 aliphatic heterocycles. The van der Waals surface area contributed by atoms with Crippen LogP contribution in [0.15, 0.2) is 42.5 Å². The van der Waals surface area contributed by atoms with E-state index in [0.717, 1.165) is 31.9 Å². The van der Waals surface area contributed by atoms with Gasteiger partial charge in [-0.3, -0.25) is 9.69 Å². The molecule has 1 amide bonds. The van der Waals surface area contributed by atoms with Crippen molar-refractivity contribution in [2.24, 2.45) is 0 Å². The van der Waals surface area contributed by atoms with Crippen LogP contribution in [0.25, 0.3) is 0 Å². The van der Waals surface area contributed by atoms with Gasteiger partial charge in [0.05, 0.1) is 6.54 Å². The second kappa shape index (κ2) is 8.57. The zero-order valence-corrected chi connectivity index (χ0v) is 17.0. The molecule has 0 unspecified atom stereocenters. The highest BCUT2D eigenvalue weighted by molar-refractivity contribution is 5.92. The number of piperazine rings is 1. The van der Waals surface area contributed by atoms with Gasteiger partial charge in [0, 0.05) is 37.6 Å². The Hall–Kier alpha value is -2.33. The van der Waals surface area contributed by atoms with Gasteiger partial charge in [0.25, 0.3) is 0 Å². The number of hydrogen-bond donors (Lipinski definition) is 1. The molecule has 0 aromatic heterocycles. The molecule has 3 rings (SSSR count). The van der Waals surface area contributed by atoms with Gasteiger partial charge in [-0.05, 0) is 54.7 Å². The third kappa shape index (κ3) is 4.89. The highest BCUT2D eigenvalue weighted by Crippen LogP contribution is 2.24. The van der Waals surface area contributed by atoms with Crippen molar-refractivity contribution in [3.63, 3.8) is 0 Å². The maximum atomic E-state index is 12.4. The van der Waals surface area contributed by atoms with Crippen LogP contribution in [0.3, 0.4) is 0 Å². The Labute approximate surface area is 163 Å². The number of benzene rings is 2. The summed E-state index contributed by atoms with van der Waals surface area (Å²) in [4.78, 5) is 17.1. The van der Waals surface area contributed by atoms with Crippen molar-refractivity contribution in [3.8, 4) is 0 Å². The SMILES string of the molecule is Cc1cccc(N2CCN(CC(=O)Nc3ccc(C(C)C)cc3)CC2)c1C. The fourth-order valence-electron chi connectivity index (χ4n) is 3.58. The Morgan fingerprint density at radius 3 is 2.30 bits per heavy atom. The molecule has 4 nitrogen and oxygen atoms in total. The number of hydrogen-bond acceptors (Lipinski definition) is 3. The van der Waals surface area contributed by atoms with E-state index in [-0.39, 0.29) is 5.91 Å². The summed E-state index contributed by atoms with van der Waals surface area (Å²) in [5, 5.41) is 3.02. The van der Waals surface area contributed by atoms with E-state index in [4.69, 9.17) is 0 Å². The Bertz CT molecular complexity index is 775. The summed E-state index contributed by atoms with van der Waals surface area (Å²) in [6.45, 7) is 12.9. The lowest BCUT2D eigenvalue weighted by Gasteiger charge is -2.36. The van der Waals surface area contributed by atoms with Gasteiger partial charge in [-0.1, -0.05) is 38.1 Å². The number of aryl methyl sites for hydroxylation is 1. The maximum absolute atomic E-state index is 12.4. The zero-order chi connectivity index (χ0) is 19.4. The van der Waals surface area contributed by atoms with E-state index in [9.17, 15) is 4.79 Å². The van der Waals surface area contributed by atoms with E-state index in [1.807, 2.05) is 12.1 Å². The summed E-state index contributed by atoms with van der Waals surface area (Å²) in [7, 11) is 0. The number of amides is 1. The minimum absolute atomic E-state index is 0.0625. The molecular weight excluding hydrogens is 334 g/mol. The molecule has 144 valence electrons. The molecule has 27 heavy (non-hydrogen) atoms. The number of anilines is 2. The van der Waals surface area contributed by atoms with Crippen LogP contribution >= 0.6 is 0 Å². The third-order valence-corrected chi connectivity index (χ3v) is 5.52. The Morgan fingerprint density at radius 1 is 1.00 bits per heavy atom. The van der Waals surface area contributed by atoms with E-state index in [0.29, 0.717) is 12.5 Å². The molecule has 0 bridgehead atoms. The van der Waals surface area contributed by atoms with Crippen LogP contribution in [0.1, 0.15) is 36.5 Å². The Balaban J connectivity index is 1.50. The van der Waals surface area contributed by atoms with Gasteiger partial charge in [0.15, 0.2) is 0 Å². The smallest absolute Gasteiger partial charge is 0.238 e. The standard InChI is InChI=1S/C23H31N3O/c1-17(2)20-8-10-21(11-9-20)24-23(27)16-25-12-14-26(15-13-25)22-7-5-6-18(3)19(22)4/h5-11,17H,12-16H2,1-4H3,(H,24,27). The molecule has 0 aliphatic carbocycles. The summed E-state index contributed by atoms with van der Waals surface area (Å²) in [5.74, 6) is 0.565. The molecule has 1 fully saturated rings. The minimum atomic E-state index is 0.0625. The van der Waals surface area contributed by atoms with Crippen LogP contribution in [0, 0.1) is 13.8 Å². The molecule has 0 radical (unpaired) electrons. The van der Waals surface area contributed by atoms with E-state index in [2.05, 4.69) is 73.1 Å². The van der Waals surface area contributed by atoms with Crippen LogP contribution in [0.2, 0.25) is 0 Å². The van der Waals surface area contributed by atoms with Crippen molar-refractivity contribution in [2.75, 3.05) is 42.9 Å². The topological polar surface area (TPSA) is 35.6 Å². The maximum Gasteiger partial charge on any atom is 0.238 e. The summed E-state index contributed by atoms with van der Waals surface area (Å²) in [5.41, 5.74) is 6.17. The average Bonchev–Trinajstić information content (AvgIpc) is 2.65. The molecule has 4 heteroatoms. The number of nitrogens with zero attached hydrogens (tertiary/aromatic N) is 2. The van der Waals surface area contributed by atoms with Crippen LogP contribution in [-0.2, 0) is 4.79 Å². The summed E-state index contributed by atoms with van der Waals surface area (Å²) >= 11 is 0. The van der Waals surface area contributed by atoms with Crippen LogP contribution < -0.4 is 10.2 Å². The van der Waals surface area contributed by atoms with Crippen molar-refractivity contribution in [1.82, 2.24) is 4.90 Å². The third-order valence-electron chi connectivity index (χ3n) is 5.52. The van der Waals surface area contributed by atoms with Gasteiger partial charge in [-0.15, -0.1) is 0 Å². The van der Waals surface area contributed by atoms with Crippen molar-refractivity contribution in [1.29, 1.82) is 0 Å².